The van der Waals surface area contributed by atoms with Crippen LogP contribution in [0.5, 0.6) is 0 Å². The molecule has 0 aromatic carbocycles. The summed E-state index contributed by atoms with van der Waals surface area (Å²) in [5.41, 5.74) is 0. The number of rotatable bonds is 39. The molecule has 0 bridgehead atoms. The van der Waals surface area contributed by atoms with Crippen molar-refractivity contribution in [3.63, 3.8) is 0 Å². The van der Waals surface area contributed by atoms with E-state index >= 15 is 0 Å². The van der Waals surface area contributed by atoms with Crippen LogP contribution in [-0.2, 0) is 32.7 Å². The van der Waals surface area contributed by atoms with Gasteiger partial charge in [0.1, 0.15) is 19.8 Å². The van der Waals surface area contributed by atoms with E-state index in [1.54, 1.807) is 0 Å². The Morgan fingerprint density at radius 3 is 1.38 bits per heavy atom. The lowest BCUT2D eigenvalue weighted by Gasteiger charge is -2.28. The zero-order chi connectivity index (χ0) is 42.8. The Balaban J connectivity index is 4.49. The molecule has 0 fully saturated rings. The number of ether oxygens (including phenoxy) is 2. The second-order valence-electron chi connectivity index (χ2n) is 15.7. The predicted octanol–water partition coefficient (Wildman–Crippen LogP) is 12.2. The smallest absolute Gasteiger partial charge is 0.306 e. The zero-order valence-electron chi connectivity index (χ0n) is 37.2. The van der Waals surface area contributed by atoms with Crippen molar-refractivity contribution < 1.29 is 42.1 Å². The van der Waals surface area contributed by atoms with Gasteiger partial charge in [0.15, 0.2) is 6.10 Å². The number of phosphoric ester groups is 1. The summed E-state index contributed by atoms with van der Waals surface area (Å²) in [4.78, 5) is 37.5. The highest BCUT2D eigenvalue weighted by atomic mass is 31.2. The van der Waals surface area contributed by atoms with Gasteiger partial charge in [0.2, 0.25) is 0 Å². The van der Waals surface area contributed by atoms with Crippen LogP contribution >= 0.6 is 7.82 Å². The fraction of sp³-hybridized carbons (Fsp3) is 0.667. The average Bonchev–Trinajstić information content (AvgIpc) is 3.17. The summed E-state index contributed by atoms with van der Waals surface area (Å²) in [6, 6.07) is 0. The van der Waals surface area contributed by atoms with Gasteiger partial charge in [0.25, 0.3) is 7.82 Å². The van der Waals surface area contributed by atoms with Crippen molar-refractivity contribution in [2.75, 3.05) is 47.5 Å². The first kappa shape index (κ1) is 55.2. The van der Waals surface area contributed by atoms with E-state index in [-0.39, 0.29) is 26.1 Å². The maximum Gasteiger partial charge on any atom is 0.306 e. The fourth-order valence-corrected chi connectivity index (χ4v) is 6.08. The van der Waals surface area contributed by atoms with Gasteiger partial charge in [-0.25, -0.2) is 0 Å². The van der Waals surface area contributed by atoms with Gasteiger partial charge in [-0.05, 0) is 96.3 Å². The third-order valence-corrected chi connectivity index (χ3v) is 9.85. The van der Waals surface area contributed by atoms with E-state index in [4.69, 9.17) is 18.5 Å². The van der Waals surface area contributed by atoms with Crippen LogP contribution < -0.4 is 4.89 Å². The fourth-order valence-electron chi connectivity index (χ4n) is 5.35. The van der Waals surface area contributed by atoms with Gasteiger partial charge < -0.3 is 27.9 Å². The number of likely N-dealkylation sites (N-methyl/N-ethyl adjacent to an activating group) is 1. The Bertz CT molecular complexity index is 1260. The van der Waals surface area contributed by atoms with Crippen LogP contribution in [0.15, 0.2) is 85.1 Å². The van der Waals surface area contributed by atoms with E-state index in [0.717, 1.165) is 70.6 Å². The molecule has 332 valence electrons. The molecule has 0 aliphatic heterocycles. The number of hydrogen-bond acceptors (Lipinski definition) is 8. The molecule has 0 heterocycles. The number of quaternary nitrogens is 1. The normalized spacial score (nSPS) is 14.4. The molecule has 10 heteroatoms. The molecule has 58 heavy (non-hydrogen) atoms. The standard InChI is InChI=1S/C48H82NO8P/c1-6-8-10-12-14-16-18-20-22-23-24-25-27-28-30-32-34-36-38-40-47(50)54-44-46(45-56-58(52,53)55-43-42-49(3,4)5)57-48(51)41-39-37-35-33-31-29-26-21-19-17-15-13-11-9-7-2/h14-17,20-22,24-26,28,30-31,33,46H,6-13,18-19,23,27,29,32,34-45H2,1-5H3/b16-14+,17-15+,22-20+,25-24+,26-21+,30-28+,33-31+/t46-/m1/s1. The molecule has 0 aromatic rings. The summed E-state index contributed by atoms with van der Waals surface area (Å²) in [5, 5.41) is 0. The Morgan fingerprint density at radius 2 is 0.931 bits per heavy atom. The van der Waals surface area contributed by atoms with Crippen LogP contribution in [0.2, 0.25) is 0 Å². The number of esters is 2. The molecule has 0 radical (unpaired) electrons. The van der Waals surface area contributed by atoms with Crippen LogP contribution in [0.4, 0.5) is 0 Å². The summed E-state index contributed by atoms with van der Waals surface area (Å²) in [5.74, 6) is -0.924. The first-order chi connectivity index (χ1) is 28.0. The lowest BCUT2D eigenvalue weighted by atomic mass is 10.1. The van der Waals surface area contributed by atoms with E-state index in [2.05, 4.69) is 98.9 Å². The third kappa shape index (κ3) is 42.8. The summed E-state index contributed by atoms with van der Waals surface area (Å²) in [6.07, 6.45) is 50.4. The Kier molecular flexibility index (Phi) is 37.7. The summed E-state index contributed by atoms with van der Waals surface area (Å²) < 4.78 is 33.8. The molecule has 0 N–H and O–H groups in total. The maximum atomic E-state index is 12.7. The minimum Gasteiger partial charge on any atom is -0.756 e. The van der Waals surface area contributed by atoms with Gasteiger partial charge in [-0.1, -0.05) is 131 Å². The van der Waals surface area contributed by atoms with E-state index in [1.807, 2.05) is 21.1 Å². The third-order valence-electron chi connectivity index (χ3n) is 8.89. The quantitative estimate of drug-likeness (QED) is 0.0198. The van der Waals surface area contributed by atoms with Crippen molar-refractivity contribution in [1.29, 1.82) is 0 Å². The number of carbonyl (C=O) groups is 2. The molecule has 0 aromatic heterocycles. The Hall–Kier alpha value is -2.81. The van der Waals surface area contributed by atoms with Gasteiger partial charge in [-0.3, -0.25) is 14.2 Å². The highest BCUT2D eigenvalue weighted by Gasteiger charge is 2.21. The molecule has 0 saturated heterocycles. The summed E-state index contributed by atoms with van der Waals surface area (Å²) >= 11 is 0. The van der Waals surface area contributed by atoms with Crippen LogP contribution in [-0.4, -0.2) is 70.0 Å². The molecule has 0 saturated carbocycles. The number of allylic oxidation sites excluding steroid dienone is 14. The number of phosphoric acid groups is 1. The van der Waals surface area contributed by atoms with Crippen LogP contribution in [0.1, 0.15) is 155 Å². The molecule has 1 unspecified atom stereocenters. The minimum atomic E-state index is -4.65. The van der Waals surface area contributed by atoms with Crippen LogP contribution in [0.25, 0.3) is 0 Å². The number of nitrogens with zero attached hydrogens (tertiary/aromatic N) is 1. The topological polar surface area (TPSA) is 111 Å². The van der Waals surface area contributed by atoms with Gasteiger partial charge >= 0.3 is 11.9 Å². The minimum absolute atomic E-state index is 0.0482. The molecule has 9 nitrogen and oxygen atoms in total. The number of hydrogen-bond donors (Lipinski definition) is 0. The van der Waals surface area contributed by atoms with Crippen molar-refractivity contribution in [3.8, 4) is 0 Å². The molecule has 0 amide bonds. The Labute approximate surface area is 354 Å². The number of unbranched alkanes of at least 4 members (excludes halogenated alkanes) is 11. The van der Waals surface area contributed by atoms with Gasteiger partial charge in [-0.2, -0.15) is 0 Å². The molecular weight excluding hydrogens is 750 g/mol. The number of carbonyl (C=O) groups excluding carboxylic acids is 2. The average molecular weight is 832 g/mol. The first-order valence-corrected chi connectivity index (χ1v) is 23.8. The predicted molar refractivity (Wildman–Crippen MR) is 240 cm³/mol. The lowest BCUT2D eigenvalue weighted by molar-refractivity contribution is -0.870. The second-order valence-corrected chi connectivity index (χ2v) is 17.1. The molecule has 2 atom stereocenters. The van der Waals surface area contributed by atoms with E-state index in [1.165, 1.54) is 44.9 Å². The summed E-state index contributed by atoms with van der Waals surface area (Å²) in [6.45, 7) is 4.06. The van der Waals surface area contributed by atoms with Crippen molar-refractivity contribution in [1.82, 2.24) is 0 Å². The van der Waals surface area contributed by atoms with Crippen molar-refractivity contribution in [2.24, 2.45) is 0 Å². The van der Waals surface area contributed by atoms with E-state index in [9.17, 15) is 19.0 Å². The van der Waals surface area contributed by atoms with Crippen LogP contribution in [0.3, 0.4) is 0 Å². The molecule has 0 aliphatic rings. The Morgan fingerprint density at radius 1 is 0.534 bits per heavy atom. The van der Waals surface area contributed by atoms with Crippen LogP contribution in [0, 0.1) is 0 Å². The molecule has 0 spiro atoms. The van der Waals surface area contributed by atoms with E-state index < -0.39 is 32.5 Å². The molecule has 0 aliphatic carbocycles. The summed E-state index contributed by atoms with van der Waals surface area (Å²) in [7, 11) is 1.11. The maximum absolute atomic E-state index is 12.7. The first-order valence-electron chi connectivity index (χ1n) is 22.3. The zero-order valence-corrected chi connectivity index (χ0v) is 38.1. The highest BCUT2D eigenvalue weighted by molar-refractivity contribution is 7.45. The largest absolute Gasteiger partial charge is 0.756 e. The van der Waals surface area contributed by atoms with Crippen molar-refractivity contribution in [2.45, 2.75) is 161 Å². The van der Waals surface area contributed by atoms with Crippen molar-refractivity contribution in [3.05, 3.63) is 85.1 Å². The molecular formula is C48H82NO8P. The SMILES string of the molecule is CCCCC/C=C/C/C=C/C/C=C/C/C=C/CCCCCC(=O)OC[C@H](COP(=O)([O-])OCC[N+](C)(C)C)OC(=O)CCCC/C=C/C/C=C/C/C=C/CCCCC. The van der Waals surface area contributed by atoms with E-state index in [0.29, 0.717) is 23.9 Å². The van der Waals surface area contributed by atoms with Gasteiger partial charge in [0.05, 0.1) is 27.7 Å². The monoisotopic (exact) mass is 832 g/mol. The van der Waals surface area contributed by atoms with Gasteiger partial charge in [0, 0.05) is 12.8 Å². The van der Waals surface area contributed by atoms with Gasteiger partial charge in [-0.15, -0.1) is 0 Å². The lowest BCUT2D eigenvalue weighted by Crippen LogP contribution is -2.37. The highest BCUT2D eigenvalue weighted by Crippen LogP contribution is 2.38. The second kappa shape index (κ2) is 39.6. The van der Waals surface area contributed by atoms with Crippen molar-refractivity contribution >= 4 is 19.8 Å². The molecule has 0 rings (SSSR count).